The van der Waals surface area contributed by atoms with Gasteiger partial charge in [-0.25, -0.2) is 23.1 Å². The molecule has 1 saturated heterocycles. The Balaban J connectivity index is 1.63. The number of nitrogens with zero attached hydrogens (tertiary/aromatic N) is 3. The summed E-state index contributed by atoms with van der Waals surface area (Å²) < 4.78 is 39.9. The number of urea groups is 1. The standard InChI is InChI=1S/C26H29F2N5O5/c1-3-38-24-22(25(34)35)23(33(31-24)19-7-5-4-6-8-19)30-26(36)29-21-15-32(9-10-37-2)14-20(21)16-11-17(27)13-18(28)12-16/h4-8,11-13,20-21H,3,9-10,14-15H2,1-2H3,(H,34,35)(H2,29,30,36)/t20-,21+/m0/s1. The van der Waals surface area contributed by atoms with Crippen LogP contribution in [0.15, 0.2) is 48.5 Å². The van der Waals surface area contributed by atoms with E-state index in [1.807, 2.05) is 4.90 Å². The van der Waals surface area contributed by atoms with Crippen molar-refractivity contribution in [3.8, 4) is 11.6 Å². The quantitative estimate of drug-likeness (QED) is 0.368. The number of ether oxygens (including phenoxy) is 2. The number of methoxy groups -OCH3 is 1. The molecule has 0 spiro atoms. The molecule has 12 heteroatoms. The zero-order valence-electron chi connectivity index (χ0n) is 21.0. The summed E-state index contributed by atoms with van der Waals surface area (Å²) in [4.78, 5) is 27.4. The Bertz CT molecular complexity index is 1270. The van der Waals surface area contributed by atoms with E-state index in [0.29, 0.717) is 37.5 Å². The molecule has 1 aromatic heterocycles. The largest absolute Gasteiger partial charge is 0.477 e. The number of carboxylic acids is 1. The molecule has 1 fully saturated rings. The number of carboxylic acid groups (broad SMARTS) is 1. The molecule has 2 heterocycles. The first-order valence-electron chi connectivity index (χ1n) is 12.1. The molecule has 4 rings (SSSR count). The second-order valence-corrected chi connectivity index (χ2v) is 8.78. The second kappa shape index (κ2) is 12.0. The van der Waals surface area contributed by atoms with Crippen LogP contribution in [0.1, 0.15) is 28.8 Å². The Kier molecular flexibility index (Phi) is 8.54. The third kappa shape index (κ3) is 6.09. The molecule has 2 aromatic carbocycles. The lowest BCUT2D eigenvalue weighted by atomic mass is 9.94. The zero-order valence-corrected chi connectivity index (χ0v) is 21.0. The van der Waals surface area contributed by atoms with Crippen LogP contribution >= 0.6 is 0 Å². The van der Waals surface area contributed by atoms with Crippen molar-refractivity contribution in [3.05, 3.63) is 71.3 Å². The number of rotatable bonds is 10. The number of para-hydroxylation sites is 1. The maximum absolute atomic E-state index is 14.0. The number of aromatic nitrogens is 2. The molecule has 10 nitrogen and oxygen atoms in total. The van der Waals surface area contributed by atoms with E-state index >= 15 is 0 Å². The number of hydrogen-bond acceptors (Lipinski definition) is 6. The number of carbonyl (C=O) groups excluding carboxylic acids is 1. The van der Waals surface area contributed by atoms with Crippen molar-refractivity contribution in [3.63, 3.8) is 0 Å². The SMILES string of the molecule is CCOc1nn(-c2ccccc2)c(NC(=O)N[C@@H]2CN(CCOC)C[C@H]2c2cc(F)cc(F)c2)c1C(=O)O. The summed E-state index contributed by atoms with van der Waals surface area (Å²) in [5.74, 6) is -3.39. The predicted octanol–water partition coefficient (Wildman–Crippen LogP) is 3.48. The van der Waals surface area contributed by atoms with E-state index < -0.39 is 35.6 Å². The number of likely N-dealkylation sites (tertiary alicyclic amines) is 1. The highest BCUT2D eigenvalue weighted by Gasteiger charge is 2.36. The Labute approximate surface area is 218 Å². The molecule has 0 bridgehead atoms. The van der Waals surface area contributed by atoms with Crippen molar-refractivity contribution in [1.82, 2.24) is 20.0 Å². The number of hydrogen-bond donors (Lipinski definition) is 3. The molecule has 1 aliphatic rings. The van der Waals surface area contributed by atoms with E-state index in [-0.39, 0.29) is 23.9 Å². The van der Waals surface area contributed by atoms with Gasteiger partial charge in [0.2, 0.25) is 5.88 Å². The van der Waals surface area contributed by atoms with Crippen molar-refractivity contribution >= 4 is 17.8 Å². The lowest BCUT2D eigenvalue weighted by Crippen LogP contribution is -2.42. The number of halogens is 2. The molecule has 2 amide bonds. The van der Waals surface area contributed by atoms with Crippen LogP contribution in [0.4, 0.5) is 19.4 Å². The van der Waals surface area contributed by atoms with Gasteiger partial charge in [0, 0.05) is 38.7 Å². The van der Waals surface area contributed by atoms with Crippen molar-refractivity contribution in [2.24, 2.45) is 0 Å². The summed E-state index contributed by atoms with van der Waals surface area (Å²) in [5, 5.41) is 19.6. The van der Waals surface area contributed by atoms with Gasteiger partial charge >= 0.3 is 12.0 Å². The maximum atomic E-state index is 14.0. The molecule has 2 atom stereocenters. The molecule has 3 aromatic rings. The molecule has 0 aliphatic carbocycles. The van der Waals surface area contributed by atoms with Crippen molar-refractivity contribution in [2.45, 2.75) is 18.9 Å². The lowest BCUT2D eigenvalue weighted by molar-refractivity contribution is 0.0693. The van der Waals surface area contributed by atoms with Crippen LogP contribution in [0.3, 0.4) is 0 Å². The monoisotopic (exact) mass is 529 g/mol. The van der Waals surface area contributed by atoms with Crippen molar-refractivity contribution in [2.75, 3.05) is 45.3 Å². The third-order valence-corrected chi connectivity index (χ3v) is 6.22. The topological polar surface area (TPSA) is 118 Å². The fraction of sp³-hybridized carbons (Fsp3) is 0.346. The Hall–Kier alpha value is -4.03. The van der Waals surface area contributed by atoms with Crippen molar-refractivity contribution < 1.29 is 33.0 Å². The van der Waals surface area contributed by atoms with Crippen LogP contribution in [0.25, 0.3) is 5.69 Å². The number of amides is 2. The Morgan fingerprint density at radius 3 is 2.47 bits per heavy atom. The average molecular weight is 530 g/mol. The Morgan fingerprint density at radius 2 is 1.84 bits per heavy atom. The van der Waals surface area contributed by atoms with Gasteiger partial charge in [-0.2, -0.15) is 0 Å². The first kappa shape index (κ1) is 27.0. The minimum atomic E-state index is -1.33. The van der Waals surface area contributed by atoms with Crippen LogP contribution in [0.5, 0.6) is 5.88 Å². The van der Waals surface area contributed by atoms with Gasteiger partial charge < -0.3 is 19.9 Å². The molecule has 202 valence electrons. The minimum absolute atomic E-state index is 0.0905. The zero-order chi connectivity index (χ0) is 27.2. The average Bonchev–Trinajstić information content (AvgIpc) is 3.44. The lowest BCUT2D eigenvalue weighted by Gasteiger charge is -2.21. The summed E-state index contributed by atoms with van der Waals surface area (Å²) in [6.45, 7) is 3.70. The van der Waals surface area contributed by atoms with Crippen LogP contribution in [-0.2, 0) is 4.74 Å². The van der Waals surface area contributed by atoms with Gasteiger partial charge in [0.25, 0.3) is 0 Å². The van der Waals surface area contributed by atoms with Gasteiger partial charge in [0.05, 0.1) is 24.9 Å². The van der Waals surface area contributed by atoms with Crippen LogP contribution in [0, 0.1) is 11.6 Å². The molecule has 3 N–H and O–H groups in total. The summed E-state index contributed by atoms with van der Waals surface area (Å²) in [5.41, 5.74) is 0.616. The van der Waals surface area contributed by atoms with Gasteiger partial charge in [-0.05, 0) is 36.8 Å². The van der Waals surface area contributed by atoms with E-state index in [1.165, 1.54) is 16.8 Å². The fourth-order valence-corrected chi connectivity index (χ4v) is 4.57. The molecule has 0 unspecified atom stereocenters. The molecule has 1 aliphatic heterocycles. The number of carbonyl (C=O) groups is 2. The van der Waals surface area contributed by atoms with E-state index in [4.69, 9.17) is 9.47 Å². The van der Waals surface area contributed by atoms with Gasteiger partial charge in [-0.15, -0.1) is 5.10 Å². The van der Waals surface area contributed by atoms with Crippen LogP contribution < -0.4 is 15.4 Å². The van der Waals surface area contributed by atoms with Gasteiger partial charge in [-0.3, -0.25) is 10.2 Å². The smallest absolute Gasteiger partial charge is 0.345 e. The highest BCUT2D eigenvalue weighted by atomic mass is 19.1. The fourth-order valence-electron chi connectivity index (χ4n) is 4.57. The summed E-state index contributed by atoms with van der Waals surface area (Å²) in [6.07, 6.45) is 0. The Morgan fingerprint density at radius 1 is 1.13 bits per heavy atom. The minimum Gasteiger partial charge on any atom is -0.477 e. The van der Waals surface area contributed by atoms with E-state index in [9.17, 15) is 23.5 Å². The van der Waals surface area contributed by atoms with E-state index in [0.717, 1.165) is 6.07 Å². The van der Waals surface area contributed by atoms with Crippen molar-refractivity contribution in [1.29, 1.82) is 0 Å². The van der Waals surface area contributed by atoms with Crippen LogP contribution in [0.2, 0.25) is 0 Å². The molecule has 0 saturated carbocycles. The highest BCUT2D eigenvalue weighted by Crippen LogP contribution is 2.31. The van der Waals surface area contributed by atoms with Gasteiger partial charge in [0.1, 0.15) is 11.6 Å². The number of benzene rings is 2. The molecule has 0 radical (unpaired) electrons. The number of nitrogens with one attached hydrogen (secondary N) is 2. The molecular weight excluding hydrogens is 500 g/mol. The highest BCUT2D eigenvalue weighted by molar-refractivity contribution is 6.01. The van der Waals surface area contributed by atoms with Gasteiger partial charge in [-0.1, -0.05) is 18.2 Å². The summed E-state index contributed by atoms with van der Waals surface area (Å²) in [6, 6.07) is 10.8. The van der Waals surface area contributed by atoms with Gasteiger partial charge in [0.15, 0.2) is 11.4 Å². The number of anilines is 1. The normalized spacial score (nSPS) is 17.4. The summed E-state index contributed by atoms with van der Waals surface area (Å²) >= 11 is 0. The van der Waals surface area contributed by atoms with E-state index in [2.05, 4.69) is 15.7 Å². The molecular formula is C26H29F2N5O5. The third-order valence-electron chi connectivity index (χ3n) is 6.22. The van der Waals surface area contributed by atoms with Crippen LogP contribution in [-0.4, -0.2) is 77.8 Å². The maximum Gasteiger partial charge on any atom is 0.345 e. The number of aromatic carboxylic acids is 1. The second-order valence-electron chi connectivity index (χ2n) is 8.78. The summed E-state index contributed by atoms with van der Waals surface area (Å²) in [7, 11) is 1.57. The predicted molar refractivity (Wildman–Crippen MR) is 135 cm³/mol. The van der Waals surface area contributed by atoms with E-state index in [1.54, 1.807) is 44.4 Å². The first-order chi connectivity index (χ1) is 18.3. The first-order valence-corrected chi connectivity index (χ1v) is 12.1. The molecule has 38 heavy (non-hydrogen) atoms.